The number of hydrogen-bond donors (Lipinski definition) is 0. The van der Waals surface area contributed by atoms with Gasteiger partial charge >= 0.3 is 13.3 Å². The minimum absolute atomic E-state index is 0.187. The number of hydrogen-bond acceptors (Lipinski definition) is 2. The third-order valence-corrected chi connectivity index (χ3v) is 4.15. The lowest BCUT2D eigenvalue weighted by atomic mass is 9.79. The van der Waals surface area contributed by atoms with E-state index in [4.69, 9.17) is 13.4 Å². The normalized spacial score (nSPS) is 23.4. The van der Waals surface area contributed by atoms with Crippen LogP contribution in [0.5, 0.6) is 0 Å². The maximum Gasteiger partial charge on any atom is 0.494 e. The van der Waals surface area contributed by atoms with Gasteiger partial charge in [0.05, 0.1) is 20.9 Å². The van der Waals surface area contributed by atoms with Gasteiger partial charge in [-0.3, -0.25) is 0 Å². The Labute approximate surface area is 129 Å². The first-order chi connectivity index (χ1) is 10.2. The summed E-state index contributed by atoms with van der Waals surface area (Å²) in [6, 6.07) is -2.29. The van der Waals surface area contributed by atoms with Crippen LogP contribution < -0.4 is 5.46 Å². The molecule has 0 saturated carbocycles. The van der Waals surface area contributed by atoms with Gasteiger partial charge in [-0.05, 0) is 45.2 Å². The molecule has 0 atom stereocenters. The van der Waals surface area contributed by atoms with Crippen LogP contribution in [-0.2, 0) is 15.5 Å². The Balaban J connectivity index is 2.64. The van der Waals surface area contributed by atoms with Gasteiger partial charge in [0, 0.05) is 4.47 Å². The summed E-state index contributed by atoms with van der Waals surface area (Å²) in [6.45, 7) is 7.00. The number of benzene rings is 1. The van der Waals surface area contributed by atoms with Gasteiger partial charge in [-0.25, -0.2) is 0 Å². The van der Waals surface area contributed by atoms with Crippen molar-refractivity contribution in [3.63, 3.8) is 0 Å². The molecule has 2 rings (SSSR count). The molecule has 0 spiro atoms. The van der Waals surface area contributed by atoms with Crippen molar-refractivity contribution in [3.8, 4) is 0 Å². The molecule has 1 aromatic carbocycles. The highest BCUT2D eigenvalue weighted by atomic mass is 79.9. The van der Waals surface area contributed by atoms with E-state index in [2.05, 4.69) is 15.9 Å². The fraction of sp³-hybridized carbons (Fsp3) is 0.538. The maximum atomic E-state index is 13.0. The lowest BCUT2D eigenvalue weighted by Gasteiger charge is -2.32. The zero-order valence-electron chi connectivity index (χ0n) is 14.4. The molecule has 1 aliphatic rings. The van der Waals surface area contributed by atoms with Crippen LogP contribution >= 0.6 is 15.9 Å². The van der Waals surface area contributed by atoms with Gasteiger partial charge in [-0.2, -0.15) is 13.2 Å². The van der Waals surface area contributed by atoms with Crippen LogP contribution in [0.3, 0.4) is 0 Å². The van der Waals surface area contributed by atoms with Gasteiger partial charge in [0.1, 0.15) is 0 Å². The maximum absolute atomic E-state index is 13.0. The second kappa shape index (κ2) is 4.75. The number of halogens is 4. The summed E-state index contributed by atoms with van der Waals surface area (Å²) in [6.07, 6.45) is -4.84. The molecule has 1 heterocycles. The molecule has 0 amide bonds. The smallest absolute Gasteiger partial charge is 0.399 e. The molecule has 7 heteroatoms. The van der Waals surface area contributed by atoms with Gasteiger partial charge in [0.2, 0.25) is 0 Å². The van der Waals surface area contributed by atoms with Crippen molar-refractivity contribution in [2.75, 3.05) is 0 Å². The molecule has 1 aliphatic heterocycles. The van der Waals surface area contributed by atoms with E-state index in [1.807, 2.05) is 0 Å². The first kappa shape index (κ1) is 12.1. The first-order valence-corrected chi connectivity index (χ1v) is 6.72. The highest BCUT2D eigenvalue weighted by molar-refractivity contribution is 9.10. The Kier molecular flexibility index (Phi) is 2.86. The SMILES string of the molecule is [2H]c1c([2H])c(C(F)(F)F)c(Br)c([2H])c1B1OC(C)(C)C(C)(C)O1. The van der Waals surface area contributed by atoms with E-state index in [1.165, 1.54) is 0 Å². The molecule has 1 saturated heterocycles. The third kappa shape index (κ3) is 2.76. The van der Waals surface area contributed by atoms with E-state index in [1.54, 1.807) is 27.7 Å². The predicted octanol–water partition coefficient (Wildman–Crippen LogP) is 3.77. The second-order valence-corrected chi connectivity index (χ2v) is 6.36. The highest BCUT2D eigenvalue weighted by Gasteiger charge is 2.51. The summed E-state index contributed by atoms with van der Waals surface area (Å²) < 4.78 is 73.5. The molecule has 1 aromatic rings. The lowest BCUT2D eigenvalue weighted by molar-refractivity contribution is -0.138. The van der Waals surface area contributed by atoms with Crippen molar-refractivity contribution in [1.29, 1.82) is 0 Å². The summed E-state index contributed by atoms with van der Waals surface area (Å²) in [4.78, 5) is 0. The van der Waals surface area contributed by atoms with Crippen molar-refractivity contribution in [1.82, 2.24) is 0 Å². The third-order valence-electron chi connectivity index (χ3n) is 3.56. The van der Waals surface area contributed by atoms with E-state index in [9.17, 15) is 13.2 Å². The quantitative estimate of drug-likeness (QED) is 0.715. The zero-order chi connectivity index (χ0) is 18.0. The van der Waals surface area contributed by atoms with E-state index in [-0.39, 0.29) is 5.46 Å². The largest absolute Gasteiger partial charge is 0.494 e. The zero-order valence-corrected chi connectivity index (χ0v) is 13.0. The van der Waals surface area contributed by atoms with Crippen LogP contribution in [0.2, 0.25) is 0 Å². The average molecular weight is 354 g/mol. The van der Waals surface area contributed by atoms with Gasteiger partial charge in [0.15, 0.2) is 0 Å². The molecule has 110 valence electrons. The Morgan fingerprint density at radius 2 is 1.65 bits per heavy atom. The standard InChI is InChI=1S/C13H15BBrF3O2/c1-11(2)12(3,4)20-14(19-11)8-5-6-9(10(15)7-8)13(16,17)18/h5-7H,1-4H3/i5D,6D,7D. The molecular weight excluding hydrogens is 336 g/mol. The van der Waals surface area contributed by atoms with Gasteiger partial charge in [-0.1, -0.05) is 22.0 Å². The Morgan fingerprint density at radius 1 is 1.15 bits per heavy atom. The fourth-order valence-electron chi connectivity index (χ4n) is 1.67. The first-order valence-electron chi connectivity index (χ1n) is 7.42. The second-order valence-electron chi connectivity index (χ2n) is 5.56. The van der Waals surface area contributed by atoms with Crippen LogP contribution in [-0.4, -0.2) is 18.3 Å². The van der Waals surface area contributed by atoms with E-state index >= 15 is 0 Å². The van der Waals surface area contributed by atoms with E-state index < -0.39 is 52.7 Å². The monoisotopic (exact) mass is 353 g/mol. The highest BCUT2D eigenvalue weighted by Crippen LogP contribution is 2.38. The minimum atomic E-state index is -4.84. The molecule has 0 aliphatic carbocycles. The molecular formula is C13H15BBrF3O2. The molecule has 0 unspecified atom stereocenters. The topological polar surface area (TPSA) is 18.5 Å². The van der Waals surface area contributed by atoms with Gasteiger partial charge < -0.3 is 9.31 Å². The Bertz CT molecular complexity index is 620. The summed E-state index contributed by atoms with van der Waals surface area (Å²) in [7, 11) is -1.18. The summed E-state index contributed by atoms with van der Waals surface area (Å²) >= 11 is 2.73. The Hall–Kier alpha value is -0.525. The van der Waals surface area contributed by atoms with Crippen LogP contribution in [0.25, 0.3) is 0 Å². The van der Waals surface area contributed by atoms with Gasteiger partial charge in [-0.15, -0.1) is 0 Å². The Morgan fingerprint density at radius 3 is 2.10 bits per heavy atom. The average Bonchev–Trinajstić information content (AvgIpc) is 2.54. The molecule has 0 aromatic heterocycles. The predicted molar refractivity (Wildman–Crippen MR) is 74.9 cm³/mol. The molecule has 20 heavy (non-hydrogen) atoms. The molecule has 0 bridgehead atoms. The van der Waals surface area contributed by atoms with Crippen LogP contribution in [0, 0.1) is 0 Å². The summed E-state index contributed by atoms with van der Waals surface area (Å²) in [5, 5.41) is 0. The molecule has 2 nitrogen and oxygen atoms in total. The minimum Gasteiger partial charge on any atom is -0.399 e. The number of alkyl halides is 3. The fourth-order valence-corrected chi connectivity index (χ4v) is 2.21. The van der Waals surface area contributed by atoms with E-state index in [0.717, 1.165) is 0 Å². The molecule has 0 N–H and O–H groups in total. The van der Waals surface area contributed by atoms with Crippen molar-refractivity contribution >= 4 is 28.5 Å². The lowest BCUT2D eigenvalue weighted by Crippen LogP contribution is -2.41. The van der Waals surface area contributed by atoms with Crippen LogP contribution in [0.1, 0.15) is 37.4 Å². The van der Waals surface area contributed by atoms with Gasteiger partial charge in [0.25, 0.3) is 0 Å². The van der Waals surface area contributed by atoms with Crippen LogP contribution in [0.4, 0.5) is 13.2 Å². The van der Waals surface area contributed by atoms with Crippen molar-refractivity contribution in [2.45, 2.75) is 45.1 Å². The van der Waals surface area contributed by atoms with Crippen LogP contribution in [0.15, 0.2) is 22.6 Å². The van der Waals surface area contributed by atoms with Crippen molar-refractivity contribution < 1.29 is 26.6 Å². The van der Waals surface area contributed by atoms with Crippen molar-refractivity contribution in [3.05, 3.63) is 28.2 Å². The molecule has 1 fully saturated rings. The summed E-state index contributed by atoms with van der Waals surface area (Å²) in [5.41, 5.74) is -3.07. The molecule has 0 radical (unpaired) electrons. The van der Waals surface area contributed by atoms with E-state index in [0.29, 0.717) is 0 Å². The number of rotatable bonds is 1. The van der Waals surface area contributed by atoms with Crippen molar-refractivity contribution in [2.24, 2.45) is 0 Å². The summed E-state index contributed by atoms with van der Waals surface area (Å²) in [5.74, 6) is 0.